The first kappa shape index (κ1) is 17.4. The first-order valence-corrected chi connectivity index (χ1v) is 8.18. The third kappa shape index (κ3) is 4.36. The zero-order chi connectivity index (χ0) is 18.4. The molecule has 0 unspecified atom stereocenters. The first-order chi connectivity index (χ1) is 12.7. The molecule has 26 heavy (non-hydrogen) atoms. The smallest absolute Gasteiger partial charge is 0.272 e. The van der Waals surface area contributed by atoms with Gasteiger partial charge in [0.2, 0.25) is 0 Å². The van der Waals surface area contributed by atoms with Crippen LogP contribution in [0.25, 0.3) is 0 Å². The molecule has 2 aromatic carbocycles. The van der Waals surface area contributed by atoms with Gasteiger partial charge in [-0.05, 0) is 29.8 Å². The maximum atomic E-state index is 12.6. The van der Waals surface area contributed by atoms with Crippen LogP contribution in [0.1, 0.15) is 16.1 Å². The molecule has 0 spiro atoms. The van der Waals surface area contributed by atoms with Crippen molar-refractivity contribution >= 4 is 17.4 Å². The highest BCUT2D eigenvalue weighted by Gasteiger charge is 2.14. The topological polar surface area (TPSA) is 67.3 Å². The fourth-order valence-corrected chi connectivity index (χ4v) is 2.49. The molecule has 0 aliphatic rings. The number of hydrogen-bond acceptors (Lipinski definition) is 5. The van der Waals surface area contributed by atoms with Crippen molar-refractivity contribution in [2.75, 3.05) is 19.5 Å². The summed E-state index contributed by atoms with van der Waals surface area (Å²) in [6, 6.07) is 18.9. The van der Waals surface area contributed by atoms with Gasteiger partial charge in [0.15, 0.2) is 0 Å². The van der Waals surface area contributed by atoms with Crippen LogP contribution in [0.15, 0.2) is 67.0 Å². The maximum Gasteiger partial charge on any atom is 0.272 e. The lowest BCUT2D eigenvalue weighted by atomic mass is 10.2. The van der Waals surface area contributed by atoms with Gasteiger partial charge in [0.1, 0.15) is 23.6 Å². The van der Waals surface area contributed by atoms with Gasteiger partial charge in [-0.1, -0.05) is 30.3 Å². The number of carbonyl (C=O) groups is 1. The number of carbonyl (C=O) groups excluding carboxylic acids is 1. The summed E-state index contributed by atoms with van der Waals surface area (Å²) < 4.78 is 5.14. The van der Waals surface area contributed by atoms with E-state index in [2.05, 4.69) is 15.3 Å². The molecule has 0 saturated carbocycles. The molecule has 1 aromatic heterocycles. The van der Waals surface area contributed by atoms with Crippen molar-refractivity contribution in [3.8, 4) is 5.75 Å². The number of aromatic nitrogens is 2. The predicted molar refractivity (Wildman–Crippen MR) is 101 cm³/mol. The molecular formula is C20H20N4O2. The molecule has 0 aliphatic carbocycles. The Labute approximate surface area is 152 Å². The number of hydrogen-bond donors (Lipinski definition) is 1. The Morgan fingerprint density at radius 1 is 1.08 bits per heavy atom. The van der Waals surface area contributed by atoms with E-state index in [0.717, 1.165) is 17.0 Å². The van der Waals surface area contributed by atoms with Crippen LogP contribution in [0.4, 0.5) is 11.5 Å². The van der Waals surface area contributed by atoms with E-state index in [1.165, 1.54) is 6.33 Å². The molecule has 0 fully saturated rings. The molecule has 0 radical (unpaired) electrons. The Bertz CT molecular complexity index is 866. The van der Waals surface area contributed by atoms with E-state index < -0.39 is 0 Å². The van der Waals surface area contributed by atoms with Gasteiger partial charge >= 0.3 is 0 Å². The van der Waals surface area contributed by atoms with Crippen molar-refractivity contribution in [3.05, 3.63) is 78.2 Å². The van der Waals surface area contributed by atoms with Crippen LogP contribution in [0.3, 0.4) is 0 Å². The summed E-state index contributed by atoms with van der Waals surface area (Å²) in [6.07, 6.45) is 1.38. The van der Waals surface area contributed by atoms with Crippen LogP contribution in [0.5, 0.6) is 5.75 Å². The second-order valence-corrected chi connectivity index (χ2v) is 5.79. The van der Waals surface area contributed by atoms with Crippen molar-refractivity contribution in [2.24, 2.45) is 0 Å². The van der Waals surface area contributed by atoms with Crippen LogP contribution < -0.4 is 10.1 Å². The quantitative estimate of drug-likeness (QED) is 0.738. The molecule has 132 valence electrons. The molecule has 0 saturated heterocycles. The highest BCUT2D eigenvalue weighted by atomic mass is 16.5. The van der Waals surface area contributed by atoms with E-state index in [1.807, 2.05) is 54.6 Å². The lowest BCUT2D eigenvalue weighted by Gasteiger charge is -2.17. The molecule has 1 heterocycles. The monoisotopic (exact) mass is 348 g/mol. The van der Waals surface area contributed by atoms with E-state index in [4.69, 9.17) is 4.74 Å². The zero-order valence-corrected chi connectivity index (χ0v) is 14.7. The number of anilines is 2. The van der Waals surface area contributed by atoms with Crippen molar-refractivity contribution < 1.29 is 9.53 Å². The second kappa shape index (κ2) is 8.11. The van der Waals surface area contributed by atoms with Gasteiger partial charge in [-0.25, -0.2) is 9.97 Å². The van der Waals surface area contributed by atoms with Gasteiger partial charge in [0.05, 0.1) is 7.11 Å². The highest BCUT2D eigenvalue weighted by Crippen LogP contribution is 2.19. The lowest BCUT2D eigenvalue weighted by molar-refractivity contribution is 0.0779. The van der Waals surface area contributed by atoms with Gasteiger partial charge < -0.3 is 15.0 Å². The number of benzene rings is 2. The standard InChI is InChI=1S/C20H20N4O2/c1-24(13-15-6-4-3-5-7-15)20(25)18-12-19(22-14-21-18)23-16-8-10-17(26-2)11-9-16/h3-12,14H,13H2,1-2H3,(H,21,22,23). The SMILES string of the molecule is COc1ccc(Nc2cc(C(=O)N(C)Cc3ccccc3)ncn2)cc1. The Kier molecular flexibility index (Phi) is 5.43. The average molecular weight is 348 g/mol. The molecular weight excluding hydrogens is 328 g/mol. The van der Waals surface area contributed by atoms with Gasteiger partial charge in [-0.3, -0.25) is 4.79 Å². The van der Waals surface area contributed by atoms with Crippen molar-refractivity contribution in [1.29, 1.82) is 0 Å². The average Bonchev–Trinajstić information content (AvgIpc) is 2.69. The minimum Gasteiger partial charge on any atom is -0.497 e. The van der Waals surface area contributed by atoms with Gasteiger partial charge in [-0.2, -0.15) is 0 Å². The van der Waals surface area contributed by atoms with E-state index in [-0.39, 0.29) is 5.91 Å². The van der Waals surface area contributed by atoms with Crippen LogP contribution in [0.2, 0.25) is 0 Å². The summed E-state index contributed by atoms with van der Waals surface area (Å²) in [5.74, 6) is 1.17. The van der Waals surface area contributed by atoms with Crippen LogP contribution in [-0.2, 0) is 6.54 Å². The molecule has 0 bridgehead atoms. The van der Waals surface area contributed by atoms with Crippen molar-refractivity contribution in [3.63, 3.8) is 0 Å². The largest absolute Gasteiger partial charge is 0.497 e. The molecule has 3 rings (SSSR count). The number of rotatable bonds is 6. The van der Waals surface area contributed by atoms with E-state index in [0.29, 0.717) is 18.1 Å². The summed E-state index contributed by atoms with van der Waals surface area (Å²) in [5, 5.41) is 3.16. The summed E-state index contributed by atoms with van der Waals surface area (Å²) in [7, 11) is 3.38. The number of nitrogens with one attached hydrogen (secondary N) is 1. The Morgan fingerprint density at radius 2 is 1.81 bits per heavy atom. The fraction of sp³-hybridized carbons (Fsp3) is 0.150. The lowest BCUT2D eigenvalue weighted by Crippen LogP contribution is -2.27. The highest BCUT2D eigenvalue weighted by molar-refractivity contribution is 5.92. The summed E-state index contributed by atoms with van der Waals surface area (Å²) in [5.41, 5.74) is 2.25. The molecule has 0 aliphatic heterocycles. The Hall–Kier alpha value is -3.41. The summed E-state index contributed by atoms with van der Waals surface area (Å²) in [4.78, 5) is 22.5. The molecule has 0 atom stereocenters. The third-order valence-corrected chi connectivity index (χ3v) is 3.86. The molecule has 6 nitrogen and oxygen atoms in total. The van der Waals surface area contributed by atoms with Gasteiger partial charge in [-0.15, -0.1) is 0 Å². The Balaban J connectivity index is 1.70. The van der Waals surface area contributed by atoms with Crippen LogP contribution in [0, 0.1) is 0 Å². The van der Waals surface area contributed by atoms with Gasteiger partial charge in [0, 0.05) is 25.3 Å². The second-order valence-electron chi connectivity index (χ2n) is 5.79. The zero-order valence-electron chi connectivity index (χ0n) is 14.7. The fourth-order valence-electron chi connectivity index (χ4n) is 2.49. The molecule has 1 N–H and O–H groups in total. The van der Waals surface area contributed by atoms with Gasteiger partial charge in [0.25, 0.3) is 5.91 Å². The molecule has 3 aromatic rings. The predicted octanol–water partition coefficient (Wildman–Crippen LogP) is 3.50. The maximum absolute atomic E-state index is 12.6. The summed E-state index contributed by atoms with van der Waals surface area (Å²) >= 11 is 0. The van der Waals surface area contributed by atoms with Crippen LogP contribution >= 0.6 is 0 Å². The third-order valence-electron chi connectivity index (χ3n) is 3.86. The van der Waals surface area contributed by atoms with Crippen molar-refractivity contribution in [1.82, 2.24) is 14.9 Å². The number of methoxy groups -OCH3 is 1. The minimum atomic E-state index is -0.158. The minimum absolute atomic E-state index is 0.158. The van der Waals surface area contributed by atoms with Crippen molar-refractivity contribution in [2.45, 2.75) is 6.54 Å². The Morgan fingerprint density at radius 3 is 2.50 bits per heavy atom. The number of ether oxygens (including phenoxy) is 1. The molecule has 1 amide bonds. The van der Waals surface area contributed by atoms with E-state index >= 15 is 0 Å². The van der Waals surface area contributed by atoms with E-state index in [9.17, 15) is 4.79 Å². The normalized spacial score (nSPS) is 10.2. The number of amides is 1. The number of nitrogens with zero attached hydrogens (tertiary/aromatic N) is 3. The summed E-state index contributed by atoms with van der Waals surface area (Å²) in [6.45, 7) is 0.519. The van der Waals surface area contributed by atoms with E-state index in [1.54, 1.807) is 25.1 Å². The van der Waals surface area contributed by atoms with Crippen LogP contribution in [-0.4, -0.2) is 34.9 Å². The molecule has 6 heteroatoms. The first-order valence-electron chi connectivity index (χ1n) is 8.18.